The highest BCUT2D eigenvalue weighted by Gasteiger charge is 2.79. The van der Waals surface area contributed by atoms with E-state index in [0.717, 1.165) is 0 Å². The molecule has 0 aromatic heterocycles. The molecular weight excluding hydrogens is 436 g/mol. The van der Waals surface area contributed by atoms with Crippen LogP contribution in [0, 0.1) is 17.3 Å². The number of rotatable bonds is 9. The number of aliphatic hydroxyl groups excluding tert-OH is 1. The smallest absolute Gasteiger partial charge is 0.310 e. The van der Waals surface area contributed by atoms with Crippen molar-refractivity contribution in [1.29, 1.82) is 0 Å². The molecule has 3 rings (SSSR count). The number of carbonyl (C=O) groups is 3. The number of carboxylic acids is 1. The maximum Gasteiger partial charge on any atom is 0.310 e. The largest absolute Gasteiger partial charge is 0.481 e. The van der Waals surface area contributed by atoms with Crippen LogP contribution in [0.2, 0.25) is 0 Å². The molecule has 2 amide bonds. The summed E-state index contributed by atoms with van der Waals surface area (Å²) >= 11 is 0. The molecule has 34 heavy (non-hydrogen) atoms. The van der Waals surface area contributed by atoms with Gasteiger partial charge in [0.05, 0.1) is 24.2 Å². The van der Waals surface area contributed by atoms with Crippen LogP contribution in [0.1, 0.15) is 74.1 Å². The van der Waals surface area contributed by atoms with Crippen LogP contribution in [0.25, 0.3) is 0 Å². The Balaban J connectivity index is 2.15. The van der Waals surface area contributed by atoms with Crippen molar-refractivity contribution in [1.82, 2.24) is 9.80 Å². The van der Waals surface area contributed by atoms with Gasteiger partial charge in [0.2, 0.25) is 11.8 Å². The molecule has 0 aromatic rings. The van der Waals surface area contributed by atoms with Crippen LogP contribution in [-0.4, -0.2) is 79.8 Å². The Kier molecular flexibility index (Phi) is 6.77. The van der Waals surface area contributed by atoms with Crippen LogP contribution in [-0.2, 0) is 19.1 Å². The fraction of sp³-hybridized carbons (Fsp3) is 0.808. The van der Waals surface area contributed by atoms with Gasteiger partial charge in [0, 0.05) is 12.1 Å². The van der Waals surface area contributed by atoms with Gasteiger partial charge in [-0.3, -0.25) is 14.4 Å². The van der Waals surface area contributed by atoms with Crippen molar-refractivity contribution in [3.05, 3.63) is 12.7 Å². The topological polar surface area (TPSA) is 107 Å². The number of hydrogen-bond acceptors (Lipinski definition) is 5. The van der Waals surface area contributed by atoms with Gasteiger partial charge in [-0.05, 0) is 51.9 Å². The summed E-state index contributed by atoms with van der Waals surface area (Å²) in [4.78, 5) is 43.8. The molecule has 8 nitrogen and oxygen atoms in total. The summed E-state index contributed by atoms with van der Waals surface area (Å²) in [6.07, 6.45) is 3.77. The number of fused-ring (bicyclic) bond motifs is 1. The van der Waals surface area contributed by atoms with Crippen molar-refractivity contribution in [3.8, 4) is 0 Å². The van der Waals surface area contributed by atoms with Gasteiger partial charge in [0.15, 0.2) is 0 Å². The van der Waals surface area contributed by atoms with E-state index < -0.39 is 52.5 Å². The van der Waals surface area contributed by atoms with E-state index in [-0.39, 0.29) is 24.5 Å². The first-order chi connectivity index (χ1) is 15.6. The normalized spacial score (nSPS) is 33.7. The molecular formula is C26H42N2O6. The lowest BCUT2D eigenvalue weighted by molar-refractivity contribution is -0.162. The fourth-order valence-electron chi connectivity index (χ4n) is 7.18. The predicted molar refractivity (Wildman–Crippen MR) is 128 cm³/mol. The second-order valence-corrected chi connectivity index (χ2v) is 12.2. The number of aliphatic carboxylic acids is 1. The monoisotopic (exact) mass is 478 g/mol. The molecule has 3 saturated heterocycles. The number of nitrogens with zero attached hydrogens (tertiary/aromatic N) is 2. The van der Waals surface area contributed by atoms with Gasteiger partial charge in [-0.1, -0.05) is 33.8 Å². The van der Waals surface area contributed by atoms with Gasteiger partial charge in [0.1, 0.15) is 17.6 Å². The molecule has 0 radical (unpaired) electrons. The molecule has 2 bridgehead atoms. The zero-order valence-electron chi connectivity index (χ0n) is 21.8. The van der Waals surface area contributed by atoms with E-state index in [1.165, 1.54) is 4.90 Å². The van der Waals surface area contributed by atoms with Gasteiger partial charge in [-0.25, -0.2) is 0 Å². The van der Waals surface area contributed by atoms with Crippen molar-refractivity contribution in [2.45, 2.75) is 103 Å². The van der Waals surface area contributed by atoms with Gasteiger partial charge in [0.25, 0.3) is 0 Å². The number of carbonyl (C=O) groups excluding carboxylic acids is 2. The second-order valence-electron chi connectivity index (χ2n) is 12.2. The SMILES string of the molecule is C=CCN(C(=O)C1N([C@H](C)CO)C(=O)[C@@H]2[C@@H](C(=O)O)[C@@]3(CC)CCC12O3)C(C)(C)CC(C)(C)C. The molecule has 192 valence electrons. The first-order valence-corrected chi connectivity index (χ1v) is 12.4. The number of carboxylic acid groups (broad SMARTS) is 1. The summed E-state index contributed by atoms with van der Waals surface area (Å²) in [5, 5.41) is 20.1. The number of amides is 2. The average molecular weight is 479 g/mol. The third kappa shape index (κ3) is 3.87. The summed E-state index contributed by atoms with van der Waals surface area (Å²) in [5.41, 5.74) is -2.78. The van der Waals surface area contributed by atoms with E-state index in [1.807, 2.05) is 20.8 Å². The van der Waals surface area contributed by atoms with E-state index in [1.54, 1.807) is 17.9 Å². The highest BCUT2D eigenvalue weighted by Crippen LogP contribution is 2.64. The molecule has 8 heteroatoms. The third-order valence-electron chi connectivity index (χ3n) is 8.13. The molecule has 6 atom stereocenters. The van der Waals surface area contributed by atoms with E-state index in [0.29, 0.717) is 25.7 Å². The molecule has 3 aliphatic rings. The molecule has 3 fully saturated rings. The maximum atomic E-state index is 14.4. The van der Waals surface area contributed by atoms with Crippen molar-refractivity contribution in [2.75, 3.05) is 13.2 Å². The zero-order valence-corrected chi connectivity index (χ0v) is 21.8. The molecule has 3 aliphatic heterocycles. The second kappa shape index (κ2) is 8.63. The van der Waals surface area contributed by atoms with Crippen LogP contribution in [0.15, 0.2) is 12.7 Å². The average Bonchev–Trinajstić information content (AvgIpc) is 3.32. The Hall–Kier alpha value is -1.93. The Morgan fingerprint density at radius 3 is 2.38 bits per heavy atom. The van der Waals surface area contributed by atoms with E-state index >= 15 is 0 Å². The van der Waals surface area contributed by atoms with Gasteiger partial charge >= 0.3 is 5.97 Å². The molecule has 3 heterocycles. The summed E-state index contributed by atoms with van der Waals surface area (Å²) < 4.78 is 6.57. The highest BCUT2D eigenvalue weighted by molar-refractivity contribution is 5.98. The van der Waals surface area contributed by atoms with Crippen LogP contribution < -0.4 is 0 Å². The first-order valence-electron chi connectivity index (χ1n) is 12.4. The quantitative estimate of drug-likeness (QED) is 0.494. The van der Waals surface area contributed by atoms with E-state index in [2.05, 4.69) is 27.4 Å². The molecule has 2 N–H and O–H groups in total. The van der Waals surface area contributed by atoms with Crippen molar-refractivity contribution >= 4 is 17.8 Å². The lowest BCUT2D eigenvalue weighted by Gasteiger charge is -2.46. The minimum absolute atomic E-state index is 0.0589. The zero-order chi connectivity index (χ0) is 25.9. The van der Waals surface area contributed by atoms with Crippen LogP contribution >= 0.6 is 0 Å². The predicted octanol–water partition coefficient (Wildman–Crippen LogP) is 2.84. The Labute approximate surface area is 203 Å². The Bertz CT molecular complexity index is 864. The van der Waals surface area contributed by atoms with Gasteiger partial charge < -0.3 is 24.7 Å². The molecule has 1 spiro atoms. The highest BCUT2D eigenvalue weighted by atomic mass is 16.5. The summed E-state index contributed by atoms with van der Waals surface area (Å²) in [7, 11) is 0. The number of aliphatic hydroxyl groups is 1. The van der Waals surface area contributed by atoms with E-state index in [9.17, 15) is 24.6 Å². The number of hydrogen-bond donors (Lipinski definition) is 2. The van der Waals surface area contributed by atoms with Crippen molar-refractivity contribution < 1.29 is 29.3 Å². The van der Waals surface area contributed by atoms with Crippen molar-refractivity contribution in [2.24, 2.45) is 17.3 Å². The number of ether oxygens (including phenoxy) is 1. The van der Waals surface area contributed by atoms with Gasteiger partial charge in [-0.15, -0.1) is 6.58 Å². The lowest BCUT2D eigenvalue weighted by Crippen LogP contribution is -2.62. The minimum Gasteiger partial charge on any atom is -0.481 e. The minimum atomic E-state index is -1.21. The van der Waals surface area contributed by atoms with Crippen LogP contribution in [0.5, 0.6) is 0 Å². The molecule has 0 aromatic carbocycles. The Morgan fingerprint density at radius 1 is 1.29 bits per heavy atom. The third-order valence-corrected chi connectivity index (χ3v) is 8.13. The van der Waals surface area contributed by atoms with Crippen molar-refractivity contribution in [3.63, 3.8) is 0 Å². The fourth-order valence-corrected chi connectivity index (χ4v) is 7.18. The van der Waals surface area contributed by atoms with Crippen LogP contribution in [0.4, 0.5) is 0 Å². The molecule has 2 unspecified atom stereocenters. The van der Waals surface area contributed by atoms with Crippen LogP contribution in [0.3, 0.4) is 0 Å². The maximum absolute atomic E-state index is 14.4. The molecule has 0 saturated carbocycles. The summed E-state index contributed by atoms with van der Waals surface area (Å²) in [6.45, 7) is 17.7. The summed E-state index contributed by atoms with van der Waals surface area (Å²) in [6, 6.07) is -1.64. The van der Waals surface area contributed by atoms with E-state index in [4.69, 9.17) is 4.74 Å². The molecule has 0 aliphatic carbocycles. The number of likely N-dealkylation sites (tertiary alicyclic amines) is 1. The first kappa shape index (κ1) is 26.7. The standard InChI is InChI=1S/C26H42N2O6/c1-9-13-27(24(7,8)15-23(4,5)6)21(31)19-26-12-11-25(10-2,34-26)18(22(32)33)17(26)20(30)28(19)16(3)14-29/h9,16-19,29H,1,10-15H2,2-8H3,(H,32,33)/t16-,17+,18+,19?,25-,26?/m1/s1. The lowest BCUT2D eigenvalue weighted by atomic mass is 9.65. The Morgan fingerprint density at radius 2 is 1.91 bits per heavy atom. The summed E-state index contributed by atoms with van der Waals surface area (Å²) in [5.74, 6) is -3.71. The van der Waals surface area contributed by atoms with Gasteiger partial charge in [-0.2, -0.15) is 0 Å².